The van der Waals surface area contributed by atoms with Crippen LogP contribution in [0.5, 0.6) is 0 Å². The number of nitrogens with one attached hydrogen (secondary N) is 1. The molecule has 0 atom stereocenters. The highest BCUT2D eigenvalue weighted by atomic mass is 32.2. The minimum Gasteiger partial charge on any atom is -0.311 e. The molecule has 2 heterocycles. The smallest absolute Gasteiger partial charge is 0.261 e. The van der Waals surface area contributed by atoms with Gasteiger partial charge in [0.1, 0.15) is 17.5 Å². The molecule has 4 rings (SSSR count). The third kappa shape index (κ3) is 4.67. The molecule has 170 valence electrons. The molecular formula is C23H26F2N4O2S. The van der Waals surface area contributed by atoms with Crippen molar-refractivity contribution < 1.29 is 17.2 Å². The van der Waals surface area contributed by atoms with E-state index in [2.05, 4.69) is 28.8 Å². The summed E-state index contributed by atoms with van der Waals surface area (Å²) in [5.74, 6) is -0.345. The van der Waals surface area contributed by atoms with E-state index in [1.165, 1.54) is 12.1 Å². The average Bonchev–Trinajstić information content (AvgIpc) is 2.97. The predicted octanol–water partition coefficient (Wildman–Crippen LogP) is 4.95. The van der Waals surface area contributed by atoms with Crippen LogP contribution in [0.1, 0.15) is 44.5 Å². The van der Waals surface area contributed by atoms with Gasteiger partial charge in [0, 0.05) is 19.0 Å². The number of nitrogens with zero attached hydrogens (tertiary/aromatic N) is 3. The van der Waals surface area contributed by atoms with Crippen molar-refractivity contribution in [2.75, 3.05) is 4.72 Å². The van der Waals surface area contributed by atoms with Gasteiger partial charge in [-0.1, -0.05) is 32.4 Å². The molecule has 2 aromatic carbocycles. The molecule has 0 aliphatic carbocycles. The van der Waals surface area contributed by atoms with Gasteiger partial charge in [0.25, 0.3) is 10.0 Å². The van der Waals surface area contributed by atoms with E-state index in [9.17, 15) is 17.2 Å². The maximum absolute atomic E-state index is 14.7. The summed E-state index contributed by atoms with van der Waals surface area (Å²) in [4.78, 5) is 0.00613. The van der Waals surface area contributed by atoms with Crippen LogP contribution in [0.25, 0.3) is 11.4 Å². The first kappa shape index (κ1) is 22.4. The number of sulfonamides is 1. The fourth-order valence-corrected chi connectivity index (χ4v) is 5.02. The van der Waals surface area contributed by atoms with Crippen LogP contribution in [0.4, 0.5) is 14.5 Å². The number of aromatic nitrogens is 3. The third-order valence-electron chi connectivity index (χ3n) is 5.53. The maximum atomic E-state index is 14.7. The summed E-state index contributed by atoms with van der Waals surface area (Å²) in [6, 6.07) is 8.29. The molecule has 0 unspecified atom stereocenters. The van der Waals surface area contributed by atoms with E-state index >= 15 is 0 Å². The highest BCUT2D eigenvalue weighted by Crippen LogP contribution is 2.30. The number of rotatable bonds is 6. The van der Waals surface area contributed by atoms with Gasteiger partial charge in [-0.15, -0.1) is 10.2 Å². The fourth-order valence-electron chi connectivity index (χ4n) is 3.96. The molecule has 0 spiro atoms. The van der Waals surface area contributed by atoms with Gasteiger partial charge in [-0.2, -0.15) is 0 Å². The summed E-state index contributed by atoms with van der Waals surface area (Å²) in [6.07, 6.45) is 4.49. The molecule has 1 aliphatic rings. The Morgan fingerprint density at radius 2 is 1.78 bits per heavy atom. The Kier molecular flexibility index (Phi) is 6.28. The van der Waals surface area contributed by atoms with Crippen LogP contribution in [0.2, 0.25) is 0 Å². The zero-order valence-corrected chi connectivity index (χ0v) is 18.9. The molecule has 32 heavy (non-hydrogen) atoms. The van der Waals surface area contributed by atoms with Crippen LogP contribution in [-0.4, -0.2) is 23.2 Å². The second-order valence-electron chi connectivity index (χ2n) is 8.56. The van der Waals surface area contributed by atoms with E-state index in [0.29, 0.717) is 18.5 Å². The van der Waals surface area contributed by atoms with Crippen molar-refractivity contribution in [1.29, 1.82) is 0 Å². The van der Waals surface area contributed by atoms with E-state index < -0.39 is 21.7 Å². The van der Waals surface area contributed by atoms with E-state index in [4.69, 9.17) is 0 Å². The first-order chi connectivity index (χ1) is 15.2. The van der Waals surface area contributed by atoms with Crippen LogP contribution in [-0.2, 0) is 29.4 Å². The Morgan fingerprint density at radius 3 is 2.50 bits per heavy atom. The first-order valence-electron chi connectivity index (χ1n) is 10.8. The van der Waals surface area contributed by atoms with Gasteiger partial charge in [-0.25, -0.2) is 17.2 Å². The average molecular weight is 461 g/mol. The van der Waals surface area contributed by atoms with Crippen LogP contribution in [0, 0.1) is 17.6 Å². The highest BCUT2D eigenvalue weighted by Gasteiger charge is 2.23. The monoisotopic (exact) mass is 460 g/mol. The van der Waals surface area contributed by atoms with Crippen molar-refractivity contribution >= 4 is 15.7 Å². The van der Waals surface area contributed by atoms with Gasteiger partial charge in [0.2, 0.25) is 0 Å². The SMILES string of the molecule is CC(C)Cc1ccc(S(=O)(=O)Nc2cc(-c3nnc4n3CCCCC4)c(F)cc2F)cc1. The molecule has 0 fully saturated rings. The molecule has 3 aromatic rings. The summed E-state index contributed by atoms with van der Waals surface area (Å²) in [6.45, 7) is 4.79. The van der Waals surface area contributed by atoms with Crippen LogP contribution < -0.4 is 4.72 Å². The van der Waals surface area contributed by atoms with Crippen LogP contribution in [0.3, 0.4) is 0 Å². The number of benzene rings is 2. The summed E-state index contributed by atoms with van der Waals surface area (Å²) >= 11 is 0. The largest absolute Gasteiger partial charge is 0.311 e. The van der Waals surface area contributed by atoms with Gasteiger partial charge < -0.3 is 4.57 Å². The molecular weight excluding hydrogens is 434 g/mol. The number of fused-ring (bicyclic) bond motifs is 1. The molecule has 0 radical (unpaired) electrons. The Bertz CT molecular complexity index is 1220. The van der Waals surface area contributed by atoms with Crippen molar-refractivity contribution in [3.05, 3.63) is 59.4 Å². The minimum absolute atomic E-state index is 0.00613. The van der Waals surface area contributed by atoms with Crippen LogP contribution in [0.15, 0.2) is 41.3 Å². The topological polar surface area (TPSA) is 76.9 Å². The van der Waals surface area contributed by atoms with Gasteiger partial charge >= 0.3 is 0 Å². The van der Waals surface area contributed by atoms with Gasteiger partial charge in [0.15, 0.2) is 5.82 Å². The number of hydrogen-bond acceptors (Lipinski definition) is 4. The van der Waals surface area contributed by atoms with E-state index in [-0.39, 0.29) is 22.0 Å². The standard InChI is InChI=1S/C23H26F2N4O2S/c1-15(2)12-16-7-9-17(10-8-16)32(30,31)28-21-13-18(19(24)14-20(21)25)23-27-26-22-6-4-3-5-11-29(22)23/h7-10,13-15,28H,3-6,11-12H2,1-2H3. The molecule has 1 N–H and O–H groups in total. The second-order valence-corrected chi connectivity index (χ2v) is 10.2. The lowest BCUT2D eigenvalue weighted by molar-refractivity contribution is 0.581. The molecule has 0 amide bonds. The number of anilines is 1. The number of aryl methyl sites for hydroxylation is 1. The fraction of sp³-hybridized carbons (Fsp3) is 0.391. The Balaban J connectivity index is 1.66. The Morgan fingerprint density at radius 1 is 1.03 bits per heavy atom. The molecule has 1 aromatic heterocycles. The van der Waals surface area contributed by atoms with Crippen molar-refractivity contribution in [3.8, 4) is 11.4 Å². The number of hydrogen-bond donors (Lipinski definition) is 1. The van der Waals surface area contributed by atoms with Gasteiger partial charge in [-0.05, 0) is 48.9 Å². The molecule has 0 saturated heterocycles. The minimum atomic E-state index is -4.06. The summed E-state index contributed by atoms with van der Waals surface area (Å²) < 4.78 is 59.0. The van der Waals surface area contributed by atoms with Crippen molar-refractivity contribution in [3.63, 3.8) is 0 Å². The Hall–Kier alpha value is -2.81. The van der Waals surface area contributed by atoms with Crippen molar-refractivity contribution in [2.45, 2.75) is 57.4 Å². The lowest BCUT2D eigenvalue weighted by Gasteiger charge is -2.13. The number of halogens is 2. The van der Waals surface area contributed by atoms with E-state index in [0.717, 1.165) is 49.6 Å². The second kappa shape index (κ2) is 8.97. The molecule has 1 aliphatic heterocycles. The molecule has 0 saturated carbocycles. The molecule has 0 bridgehead atoms. The first-order valence-corrected chi connectivity index (χ1v) is 12.3. The molecule has 9 heteroatoms. The Labute approximate surface area is 186 Å². The summed E-state index contributed by atoms with van der Waals surface area (Å²) in [5.41, 5.74) is 0.692. The quantitative estimate of drug-likeness (QED) is 0.565. The van der Waals surface area contributed by atoms with Crippen molar-refractivity contribution in [1.82, 2.24) is 14.8 Å². The third-order valence-corrected chi connectivity index (χ3v) is 6.91. The summed E-state index contributed by atoms with van der Waals surface area (Å²) in [5, 5.41) is 8.25. The van der Waals surface area contributed by atoms with E-state index in [1.807, 2.05) is 4.57 Å². The lowest BCUT2D eigenvalue weighted by atomic mass is 10.0. The van der Waals surface area contributed by atoms with Crippen molar-refractivity contribution in [2.24, 2.45) is 5.92 Å². The molecule has 6 nitrogen and oxygen atoms in total. The maximum Gasteiger partial charge on any atom is 0.261 e. The zero-order chi connectivity index (χ0) is 22.9. The summed E-state index contributed by atoms with van der Waals surface area (Å²) in [7, 11) is -4.06. The lowest BCUT2D eigenvalue weighted by Crippen LogP contribution is -2.14. The predicted molar refractivity (Wildman–Crippen MR) is 119 cm³/mol. The normalized spacial score (nSPS) is 14.3. The van der Waals surface area contributed by atoms with E-state index in [1.54, 1.807) is 12.1 Å². The highest BCUT2D eigenvalue weighted by molar-refractivity contribution is 7.92. The zero-order valence-electron chi connectivity index (χ0n) is 18.1. The van der Waals surface area contributed by atoms with Gasteiger partial charge in [0.05, 0.1) is 16.1 Å². The van der Waals surface area contributed by atoms with Crippen LogP contribution >= 0.6 is 0 Å². The van der Waals surface area contributed by atoms with Gasteiger partial charge in [-0.3, -0.25) is 4.72 Å².